The first kappa shape index (κ1) is 18.5. The highest BCUT2D eigenvalue weighted by Crippen LogP contribution is 2.50. The van der Waals surface area contributed by atoms with E-state index in [0.29, 0.717) is 5.92 Å². The van der Waals surface area contributed by atoms with Crippen LogP contribution in [0.3, 0.4) is 0 Å². The van der Waals surface area contributed by atoms with Crippen molar-refractivity contribution in [2.45, 2.75) is 44.4 Å². The van der Waals surface area contributed by atoms with Gasteiger partial charge in [-0.2, -0.15) is 0 Å². The Hall–Kier alpha value is -2.26. The van der Waals surface area contributed by atoms with Crippen LogP contribution < -0.4 is 4.74 Å². The van der Waals surface area contributed by atoms with E-state index in [1.165, 1.54) is 73.0 Å². The SMILES string of the molecule is COc1cccc(C23CCN(CC4CC4)CC2Cc2c([nH]c4cc(C)ccc24)C3)c1. The Morgan fingerprint density at radius 3 is 2.90 bits per heavy atom. The molecule has 1 saturated carbocycles. The maximum Gasteiger partial charge on any atom is 0.119 e. The molecule has 0 spiro atoms. The van der Waals surface area contributed by atoms with E-state index in [9.17, 15) is 0 Å². The number of nitrogens with zero attached hydrogens (tertiary/aromatic N) is 1. The number of nitrogens with one attached hydrogen (secondary N) is 1. The van der Waals surface area contributed by atoms with Crippen LogP contribution in [0, 0.1) is 18.8 Å². The summed E-state index contributed by atoms with van der Waals surface area (Å²) in [5, 5.41) is 1.44. The van der Waals surface area contributed by atoms with E-state index >= 15 is 0 Å². The van der Waals surface area contributed by atoms with E-state index in [0.717, 1.165) is 18.1 Å². The van der Waals surface area contributed by atoms with Gasteiger partial charge in [0.15, 0.2) is 0 Å². The third-order valence-corrected chi connectivity index (χ3v) is 8.08. The lowest BCUT2D eigenvalue weighted by Crippen LogP contribution is -2.54. The Balaban J connectivity index is 1.44. The first-order valence-electron chi connectivity index (χ1n) is 11.6. The van der Waals surface area contributed by atoms with Crippen molar-refractivity contribution in [3.05, 3.63) is 64.8 Å². The third kappa shape index (κ3) is 2.98. The molecule has 3 aliphatic rings. The number of rotatable bonds is 4. The summed E-state index contributed by atoms with van der Waals surface area (Å²) in [7, 11) is 1.78. The van der Waals surface area contributed by atoms with Crippen molar-refractivity contribution in [1.29, 1.82) is 0 Å². The molecule has 1 aromatic heterocycles. The minimum atomic E-state index is 0.206. The number of fused-ring (bicyclic) bond motifs is 4. The quantitative estimate of drug-likeness (QED) is 0.648. The molecule has 2 atom stereocenters. The Labute approximate surface area is 179 Å². The van der Waals surface area contributed by atoms with Crippen LogP contribution in [0.5, 0.6) is 5.75 Å². The van der Waals surface area contributed by atoms with Gasteiger partial charge in [-0.15, -0.1) is 0 Å². The molecule has 1 N–H and O–H groups in total. The molecule has 2 fully saturated rings. The minimum Gasteiger partial charge on any atom is -0.497 e. The van der Waals surface area contributed by atoms with Gasteiger partial charge in [0.05, 0.1) is 7.11 Å². The predicted molar refractivity (Wildman–Crippen MR) is 122 cm³/mol. The fourth-order valence-corrected chi connectivity index (χ4v) is 6.25. The molecule has 2 aromatic carbocycles. The van der Waals surface area contributed by atoms with Crippen molar-refractivity contribution in [3.63, 3.8) is 0 Å². The van der Waals surface area contributed by atoms with Crippen molar-refractivity contribution >= 4 is 10.9 Å². The number of aryl methyl sites for hydroxylation is 1. The van der Waals surface area contributed by atoms with Crippen molar-refractivity contribution in [2.24, 2.45) is 11.8 Å². The van der Waals surface area contributed by atoms with E-state index in [1.807, 2.05) is 0 Å². The van der Waals surface area contributed by atoms with Gasteiger partial charge in [0.1, 0.15) is 5.75 Å². The summed E-state index contributed by atoms with van der Waals surface area (Å²) in [5.41, 5.74) is 7.36. The molecule has 1 aliphatic heterocycles. The topological polar surface area (TPSA) is 28.3 Å². The normalized spacial score (nSPS) is 26.4. The molecule has 2 aliphatic carbocycles. The van der Waals surface area contributed by atoms with Crippen LogP contribution in [0.2, 0.25) is 0 Å². The third-order valence-electron chi connectivity index (χ3n) is 8.08. The highest BCUT2D eigenvalue weighted by molar-refractivity contribution is 5.85. The molecule has 0 amide bonds. The average Bonchev–Trinajstić information content (AvgIpc) is 3.51. The van der Waals surface area contributed by atoms with Crippen LogP contribution in [0.15, 0.2) is 42.5 Å². The number of likely N-dealkylation sites (tertiary alicyclic amines) is 1. The molecule has 0 radical (unpaired) electrons. The van der Waals surface area contributed by atoms with E-state index in [-0.39, 0.29) is 5.41 Å². The molecule has 30 heavy (non-hydrogen) atoms. The summed E-state index contributed by atoms with van der Waals surface area (Å²) in [6.45, 7) is 5.95. The van der Waals surface area contributed by atoms with Crippen LogP contribution in [0.25, 0.3) is 10.9 Å². The standard InChI is InChI=1S/C27H32N2O/c1-18-6-9-23-24-14-21-17-29(16-19-7-8-19)11-10-27(21,15-26(24)28-25(23)12-18)20-4-3-5-22(13-20)30-2/h3-6,9,12-13,19,21,28H,7-8,10-11,14-17H2,1-2H3. The van der Waals surface area contributed by atoms with Gasteiger partial charge in [0, 0.05) is 35.1 Å². The summed E-state index contributed by atoms with van der Waals surface area (Å²) >= 11 is 0. The van der Waals surface area contributed by atoms with Crippen LogP contribution in [0.4, 0.5) is 0 Å². The molecule has 2 unspecified atom stereocenters. The second kappa shape index (κ2) is 6.88. The maximum atomic E-state index is 5.62. The highest BCUT2D eigenvalue weighted by atomic mass is 16.5. The summed E-state index contributed by atoms with van der Waals surface area (Å²) in [6.07, 6.45) is 6.41. The van der Waals surface area contributed by atoms with Gasteiger partial charge in [-0.25, -0.2) is 0 Å². The first-order valence-corrected chi connectivity index (χ1v) is 11.6. The second-order valence-electron chi connectivity index (χ2n) is 10.1. The number of hydrogen-bond acceptors (Lipinski definition) is 2. The molecule has 0 bridgehead atoms. The Morgan fingerprint density at radius 2 is 2.07 bits per heavy atom. The summed E-state index contributed by atoms with van der Waals surface area (Å²) in [4.78, 5) is 6.59. The largest absolute Gasteiger partial charge is 0.497 e. The smallest absolute Gasteiger partial charge is 0.119 e. The molecular formula is C27H32N2O. The molecule has 156 valence electrons. The summed E-state index contributed by atoms with van der Waals surface area (Å²) < 4.78 is 5.62. The van der Waals surface area contributed by atoms with Gasteiger partial charge < -0.3 is 14.6 Å². The van der Waals surface area contributed by atoms with Crippen LogP contribution in [0.1, 0.15) is 41.6 Å². The average molecular weight is 401 g/mol. The number of aromatic nitrogens is 1. The number of aromatic amines is 1. The molecule has 3 heteroatoms. The maximum absolute atomic E-state index is 5.62. The van der Waals surface area contributed by atoms with Gasteiger partial charge in [-0.05, 0) is 92.3 Å². The van der Waals surface area contributed by atoms with Gasteiger partial charge in [-0.1, -0.05) is 24.3 Å². The van der Waals surface area contributed by atoms with Crippen molar-refractivity contribution in [3.8, 4) is 5.75 Å². The lowest BCUT2D eigenvalue weighted by atomic mass is 9.58. The fraction of sp³-hybridized carbons (Fsp3) is 0.481. The Kier molecular flexibility index (Phi) is 4.24. The number of H-pyrrole nitrogens is 1. The van der Waals surface area contributed by atoms with Crippen LogP contribution in [-0.4, -0.2) is 36.6 Å². The van der Waals surface area contributed by atoms with Crippen LogP contribution >= 0.6 is 0 Å². The number of methoxy groups -OCH3 is 1. The van der Waals surface area contributed by atoms with Crippen molar-refractivity contribution in [1.82, 2.24) is 9.88 Å². The molecule has 1 saturated heterocycles. The molecule has 3 aromatic rings. The van der Waals surface area contributed by atoms with E-state index in [4.69, 9.17) is 4.74 Å². The zero-order valence-corrected chi connectivity index (χ0v) is 18.2. The van der Waals surface area contributed by atoms with Crippen molar-refractivity contribution in [2.75, 3.05) is 26.7 Å². The van der Waals surface area contributed by atoms with Gasteiger partial charge in [0.25, 0.3) is 0 Å². The molecule has 6 rings (SSSR count). The van der Waals surface area contributed by atoms with Gasteiger partial charge >= 0.3 is 0 Å². The zero-order valence-electron chi connectivity index (χ0n) is 18.2. The Morgan fingerprint density at radius 1 is 1.17 bits per heavy atom. The first-order chi connectivity index (χ1) is 14.6. The Bertz CT molecular complexity index is 1100. The highest BCUT2D eigenvalue weighted by Gasteiger charge is 2.48. The molecular weight excluding hydrogens is 368 g/mol. The molecule has 3 nitrogen and oxygen atoms in total. The van der Waals surface area contributed by atoms with E-state index in [2.05, 4.69) is 59.3 Å². The van der Waals surface area contributed by atoms with E-state index in [1.54, 1.807) is 12.7 Å². The number of piperidine rings is 1. The fourth-order valence-electron chi connectivity index (χ4n) is 6.25. The monoisotopic (exact) mass is 400 g/mol. The van der Waals surface area contributed by atoms with Crippen molar-refractivity contribution < 1.29 is 4.74 Å². The predicted octanol–water partition coefficient (Wildman–Crippen LogP) is 5.25. The lowest BCUT2D eigenvalue weighted by Gasteiger charge is -2.51. The van der Waals surface area contributed by atoms with E-state index < -0.39 is 0 Å². The second-order valence-corrected chi connectivity index (χ2v) is 10.1. The van der Waals surface area contributed by atoms with Crippen LogP contribution in [-0.2, 0) is 18.3 Å². The number of benzene rings is 2. The summed E-state index contributed by atoms with van der Waals surface area (Å²) in [6, 6.07) is 15.8. The van der Waals surface area contributed by atoms with Gasteiger partial charge in [-0.3, -0.25) is 0 Å². The minimum absolute atomic E-state index is 0.206. The molecule has 2 heterocycles. The zero-order chi connectivity index (χ0) is 20.3. The summed E-state index contributed by atoms with van der Waals surface area (Å²) in [5.74, 6) is 2.61. The van der Waals surface area contributed by atoms with Gasteiger partial charge in [0.2, 0.25) is 0 Å². The number of ether oxygens (including phenoxy) is 1. The lowest BCUT2D eigenvalue weighted by molar-refractivity contribution is 0.0783. The number of hydrogen-bond donors (Lipinski definition) is 1.